The van der Waals surface area contributed by atoms with E-state index >= 15 is 0 Å². The topological polar surface area (TPSA) is 33.1 Å². The van der Waals surface area contributed by atoms with Crippen molar-refractivity contribution in [3.05, 3.63) is 18.0 Å². The molecule has 0 aromatic carbocycles. The third kappa shape index (κ3) is 2.59. The van der Waals surface area contributed by atoms with E-state index in [9.17, 15) is 0 Å². The minimum atomic E-state index is 0.123. The maximum atomic E-state index is 4.30. The molecule has 0 radical (unpaired) electrons. The highest BCUT2D eigenvalue weighted by Gasteiger charge is 2.36. The SMILES string of the molecule is CNC(c1cnn(C)c1)C(C)(C)N1CCCCC1. The summed E-state index contributed by atoms with van der Waals surface area (Å²) in [6, 6.07) is 0.323. The molecule has 1 aliphatic rings. The van der Waals surface area contributed by atoms with Crippen molar-refractivity contribution < 1.29 is 0 Å². The number of likely N-dealkylation sites (tertiary alicyclic amines) is 1. The van der Waals surface area contributed by atoms with E-state index in [1.54, 1.807) is 0 Å². The Bertz CT molecular complexity index is 377. The van der Waals surface area contributed by atoms with Gasteiger partial charge in [0.25, 0.3) is 0 Å². The molecule has 1 aliphatic heterocycles. The quantitative estimate of drug-likeness (QED) is 0.886. The lowest BCUT2D eigenvalue weighted by Crippen LogP contribution is -2.53. The molecule has 2 rings (SSSR count). The number of hydrogen-bond acceptors (Lipinski definition) is 3. The van der Waals surface area contributed by atoms with E-state index in [1.807, 2.05) is 25.0 Å². The van der Waals surface area contributed by atoms with Crippen LogP contribution in [0.1, 0.15) is 44.7 Å². The molecule has 0 amide bonds. The van der Waals surface area contributed by atoms with Crippen molar-refractivity contribution in [1.29, 1.82) is 0 Å². The van der Waals surface area contributed by atoms with Gasteiger partial charge in [-0.2, -0.15) is 5.10 Å². The van der Waals surface area contributed by atoms with Crippen LogP contribution in [0, 0.1) is 0 Å². The lowest BCUT2D eigenvalue weighted by Gasteiger charge is -2.45. The van der Waals surface area contributed by atoms with Gasteiger partial charge in [-0.25, -0.2) is 0 Å². The van der Waals surface area contributed by atoms with Crippen LogP contribution >= 0.6 is 0 Å². The first-order valence-electron chi connectivity index (χ1n) is 6.96. The molecule has 0 saturated carbocycles. The van der Waals surface area contributed by atoms with Crippen molar-refractivity contribution in [2.45, 2.75) is 44.7 Å². The van der Waals surface area contributed by atoms with Crippen LogP contribution in [0.5, 0.6) is 0 Å². The van der Waals surface area contributed by atoms with Crippen molar-refractivity contribution in [3.8, 4) is 0 Å². The first-order chi connectivity index (χ1) is 8.55. The second kappa shape index (κ2) is 5.41. The standard InChI is InChI=1S/C14H26N4/c1-14(2,18-8-6-5-7-9-18)13(15-3)12-10-16-17(4)11-12/h10-11,13,15H,5-9H2,1-4H3. The Hall–Kier alpha value is -0.870. The van der Waals surface area contributed by atoms with Crippen molar-refractivity contribution in [1.82, 2.24) is 20.0 Å². The summed E-state index contributed by atoms with van der Waals surface area (Å²) in [5.74, 6) is 0. The second-order valence-electron chi connectivity index (χ2n) is 5.87. The van der Waals surface area contributed by atoms with Gasteiger partial charge in [0.15, 0.2) is 0 Å². The summed E-state index contributed by atoms with van der Waals surface area (Å²) in [4.78, 5) is 2.62. The molecular formula is C14H26N4. The maximum Gasteiger partial charge on any atom is 0.0538 e. The van der Waals surface area contributed by atoms with Crippen LogP contribution in [0.25, 0.3) is 0 Å². The fourth-order valence-electron chi connectivity index (χ4n) is 3.17. The molecule has 0 spiro atoms. The lowest BCUT2D eigenvalue weighted by molar-refractivity contribution is 0.0632. The number of aromatic nitrogens is 2. The van der Waals surface area contributed by atoms with Crippen LogP contribution in [0.2, 0.25) is 0 Å². The zero-order valence-electron chi connectivity index (χ0n) is 12.1. The van der Waals surface area contributed by atoms with E-state index < -0.39 is 0 Å². The normalized spacial score (nSPS) is 20.0. The van der Waals surface area contributed by atoms with Gasteiger partial charge >= 0.3 is 0 Å². The first kappa shape index (κ1) is 13.6. The van der Waals surface area contributed by atoms with E-state index in [0.717, 1.165) is 0 Å². The predicted molar refractivity (Wildman–Crippen MR) is 74.5 cm³/mol. The monoisotopic (exact) mass is 250 g/mol. The predicted octanol–water partition coefficient (Wildman–Crippen LogP) is 1.95. The molecular weight excluding hydrogens is 224 g/mol. The minimum Gasteiger partial charge on any atom is -0.311 e. The Morgan fingerprint density at radius 1 is 1.28 bits per heavy atom. The Labute approximate surface area is 110 Å². The fourth-order valence-corrected chi connectivity index (χ4v) is 3.17. The smallest absolute Gasteiger partial charge is 0.0538 e. The number of piperidine rings is 1. The van der Waals surface area contributed by atoms with Gasteiger partial charge in [0.2, 0.25) is 0 Å². The largest absolute Gasteiger partial charge is 0.311 e. The summed E-state index contributed by atoms with van der Waals surface area (Å²) in [5.41, 5.74) is 1.40. The van der Waals surface area contributed by atoms with Gasteiger partial charge in [0.05, 0.1) is 12.2 Å². The van der Waals surface area contributed by atoms with Crippen LogP contribution in [-0.4, -0.2) is 40.4 Å². The molecule has 1 atom stereocenters. The fraction of sp³-hybridized carbons (Fsp3) is 0.786. The van der Waals surface area contributed by atoms with Crippen LogP contribution in [-0.2, 0) is 7.05 Å². The second-order valence-corrected chi connectivity index (χ2v) is 5.87. The molecule has 0 bridgehead atoms. The third-order valence-corrected chi connectivity index (χ3v) is 4.22. The Balaban J connectivity index is 2.19. The summed E-state index contributed by atoms with van der Waals surface area (Å²) in [7, 11) is 4.02. The van der Waals surface area contributed by atoms with Crippen LogP contribution < -0.4 is 5.32 Å². The van der Waals surface area contributed by atoms with Crippen molar-refractivity contribution >= 4 is 0 Å². The molecule has 1 aromatic heterocycles. The van der Waals surface area contributed by atoms with Gasteiger partial charge in [0.1, 0.15) is 0 Å². The van der Waals surface area contributed by atoms with E-state index in [1.165, 1.54) is 37.9 Å². The zero-order chi connectivity index (χ0) is 13.2. The molecule has 102 valence electrons. The van der Waals surface area contributed by atoms with Gasteiger partial charge in [-0.1, -0.05) is 6.42 Å². The lowest BCUT2D eigenvalue weighted by atomic mass is 9.87. The molecule has 0 aliphatic carbocycles. The number of aryl methyl sites for hydroxylation is 1. The molecule has 4 heteroatoms. The summed E-state index contributed by atoms with van der Waals surface area (Å²) in [5, 5.41) is 7.78. The summed E-state index contributed by atoms with van der Waals surface area (Å²) in [6.45, 7) is 7.11. The number of rotatable bonds is 4. The highest BCUT2D eigenvalue weighted by atomic mass is 15.3. The number of hydrogen-bond donors (Lipinski definition) is 1. The molecule has 1 aromatic rings. The molecule has 1 N–H and O–H groups in total. The molecule has 1 unspecified atom stereocenters. The molecule has 2 heterocycles. The van der Waals surface area contributed by atoms with Gasteiger partial charge in [0, 0.05) is 24.3 Å². The molecule has 1 fully saturated rings. The van der Waals surface area contributed by atoms with Gasteiger partial charge in [-0.15, -0.1) is 0 Å². The van der Waals surface area contributed by atoms with Crippen molar-refractivity contribution in [2.24, 2.45) is 7.05 Å². The third-order valence-electron chi connectivity index (χ3n) is 4.22. The van der Waals surface area contributed by atoms with Crippen LogP contribution in [0.15, 0.2) is 12.4 Å². The Kier molecular flexibility index (Phi) is 4.07. The van der Waals surface area contributed by atoms with Gasteiger partial charge in [-0.05, 0) is 46.8 Å². The van der Waals surface area contributed by atoms with E-state index in [2.05, 4.69) is 35.4 Å². The first-order valence-corrected chi connectivity index (χ1v) is 6.96. The summed E-state index contributed by atoms with van der Waals surface area (Å²) >= 11 is 0. The van der Waals surface area contributed by atoms with Crippen molar-refractivity contribution in [3.63, 3.8) is 0 Å². The highest BCUT2D eigenvalue weighted by Crippen LogP contribution is 2.32. The van der Waals surface area contributed by atoms with E-state index in [4.69, 9.17) is 0 Å². The minimum absolute atomic E-state index is 0.123. The Morgan fingerprint density at radius 3 is 2.44 bits per heavy atom. The van der Waals surface area contributed by atoms with Crippen LogP contribution in [0.3, 0.4) is 0 Å². The zero-order valence-corrected chi connectivity index (χ0v) is 12.1. The highest BCUT2D eigenvalue weighted by molar-refractivity contribution is 5.16. The van der Waals surface area contributed by atoms with Gasteiger partial charge < -0.3 is 5.32 Å². The summed E-state index contributed by atoms with van der Waals surface area (Å²) in [6.07, 6.45) is 8.13. The average molecular weight is 250 g/mol. The summed E-state index contributed by atoms with van der Waals surface area (Å²) < 4.78 is 1.88. The number of nitrogens with zero attached hydrogens (tertiary/aromatic N) is 3. The Morgan fingerprint density at radius 2 is 1.94 bits per heavy atom. The number of likely N-dealkylation sites (N-methyl/N-ethyl adjacent to an activating group) is 1. The van der Waals surface area contributed by atoms with Crippen molar-refractivity contribution in [2.75, 3.05) is 20.1 Å². The molecule has 4 nitrogen and oxygen atoms in total. The van der Waals surface area contributed by atoms with Crippen LogP contribution in [0.4, 0.5) is 0 Å². The average Bonchev–Trinajstić information content (AvgIpc) is 2.77. The molecule has 1 saturated heterocycles. The van der Waals surface area contributed by atoms with Gasteiger partial charge in [-0.3, -0.25) is 9.58 Å². The maximum absolute atomic E-state index is 4.30. The number of nitrogens with one attached hydrogen (secondary N) is 1. The van der Waals surface area contributed by atoms with E-state index in [0.29, 0.717) is 6.04 Å². The van der Waals surface area contributed by atoms with E-state index in [-0.39, 0.29) is 5.54 Å². The molecule has 18 heavy (non-hydrogen) atoms.